The van der Waals surface area contributed by atoms with Crippen LogP contribution in [0.25, 0.3) is 22.2 Å². The number of carbonyl (C=O) groups is 1. The number of halogens is 3. The Morgan fingerprint density at radius 2 is 2.03 bits per heavy atom. The van der Waals surface area contributed by atoms with Gasteiger partial charge in [0.25, 0.3) is 0 Å². The van der Waals surface area contributed by atoms with E-state index in [1.807, 2.05) is 11.9 Å². The minimum atomic E-state index is -0.636. The molecule has 0 radical (unpaired) electrons. The average Bonchev–Trinajstić information content (AvgIpc) is 3.51. The van der Waals surface area contributed by atoms with Crippen LogP contribution in [0.5, 0.6) is 0 Å². The number of hydrogen-bond donors (Lipinski definition) is 0. The number of hydrogen-bond acceptors (Lipinski definition) is 5. The summed E-state index contributed by atoms with van der Waals surface area (Å²) in [4.78, 5) is 28.5. The fourth-order valence-corrected chi connectivity index (χ4v) is 4.93. The summed E-state index contributed by atoms with van der Waals surface area (Å²) in [5.41, 5.74) is 1.23. The zero-order valence-electron chi connectivity index (χ0n) is 18.1. The van der Waals surface area contributed by atoms with Crippen molar-refractivity contribution < 1.29 is 13.6 Å². The number of amides is 1. The highest BCUT2D eigenvalue weighted by Crippen LogP contribution is 2.48. The molecule has 1 aliphatic carbocycles. The lowest BCUT2D eigenvalue weighted by Gasteiger charge is -2.26. The molecule has 1 saturated carbocycles. The standard InChI is InChI=1S/C24H22ClF2N5O/c1-3-19(33)32-7-6-15(11-32)31(2)24-17-10-28-22(21(27)23(17)29-12-30-24)16-8-14(26)9-18(25)20(16)13-4-5-13/h3,8-10,12-13,15H,1,4-7,11H2,2H3/t15-/m1/s1. The summed E-state index contributed by atoms with van der Waals surface area (Å²) in [5, 5.41) is 0.738. The zero-order chi connectivity index (χ0) is 23.3. The summed E-state index contributed by atoms with van der Waals surface area (Å²) in [6.45, 7) is 4.68. The second-order valence-corrected chi connectivity index (χ2v) is 8.95. The van der Waals surface area contributed by atoms with E-state index < -0.39 is 11.6 Å². The van der Waals surface area contributed by atoms with Crippen molar-refractivity contribution in [2.75, 3.05) is 25.0 Å². The van der Waals surface area contributed by atoms with Crippen LogP contribution in [0.4, 0.5) is 14.6 Å². The largest absolute Gasteiger partial charge is 0.354 e. The fraction of sp³-hybridized carbons (Fsp3) is 0.333. The minimum Gasteiger partial charge on any atom is -0.354 e. The summed E-state index contributed by atoms with van der Waals surface area (Å²) < 4.78 is 29.9. The van der Waals surface area contributed by atoms with Crippen molar-refractivity contribution in [2.24, 2.45) is 0 Å². The van der Waals surface area contributed by atoms with Crippen molar-refractivity contribution >= 4 is 34.2 Å². The first-order chi connectivity index (χ1) is 15.9. The van der Waals surface area contributed by atoms with Crippen LogP contribution in [-0.2, 0) is 4.79 Å². The van der Waals surface area contributed by atoms with Crippen molar-refractivity contribution in [3.05, 3.63) is 59.5 Å². The molecule has 33 heavy (non-hydrogen) atoms. The van der Waals surface area contributed by atoms with E-state index in [4.69, 9.17) is 11.6 Å². The Morgan fingerprint density at radius 1 is 1.24 bits per heavy atom. The first-order valence-corrected chi connectivity index (χ1v) is 11.2. The molecule has 170 valence electrons. The van der Waals surface area contributed by atoms with Gasteiger partial charge in [-0.15, -0.1) is 0 Å². The van der Waals surface area contributed by atoms with Gasteiger partial charge in [-0.1, -0.05) is 18.2 Å². The summed E-state index contributed by atoms with van der Waals surface area (Å²) in [5.74, 6) is -0.584. The van der Waals surface area contributed by atoms with E-state index in [-0.39, 0.29) is 34.1 Å². The number of pyridine rings is 1. The molecule has 9 heteroatoms. The molecule has 5 rings (SSSR count). The molecule has 1 amide bonds. The molecule has 2 fully saturated rings. The summed E-state index contributed by atoms with van der Waals surface area (Å²) in [6, 6.07) is 2.56. The molecule has 2 aromatic heterocycles. The lowest BCUT2D eigenvalue weighted by molar-refractivity contribution is -0.125. The molecular weight excluding hydrogens is 448 g/mol. The number of likely N-dealkylation sites (N-methyl/N-ethyl adjacent to an activating group) is 1. The SMILES string of the molecule is C=CC(=O)N1CC[C@@H](N(C)c2ncnc3c(F)c(-c4cc(F)cc(Cl)c4C4CC4)ncc23)C1. The van der Waals surface area contributed by atoms with Gasteiger partial charge in [0.05, 0.1) is 5.39 Å². The number of nitrogens with zero attached hydrogens (tertiary/aromatic N) is 5. The molecule has 0 N–H and O–H groups in total. The Balaban J connectivity index is 1.55. The second-order valence-electron chi connectivity index (χ2n) is 8.55. The Labute approximate surface area is 194 Å². The summed E-state index contributed by atoms with van der Waals surface area (Å²) in [7, 11) is 1.86. The fourth-order valence-electron chi connectivity index (χ4n) is 4.57. The van der Waals surface area contributed by atoms with Gasteiger partial charge in [0.15, 0.2) is 5.82 Å². The highest BCUT2D eigenvalue weighted by molar-refractivity contribution is 6.32. The number of aromatic nitrogens is 3. The van der Waals surface area contributed by atoms with Gasteiger partial charge in [-0.2, -0.15) is 0 Å². The predicted molar refractivity (Wildman–Crippen MR) is 123 cm³/mol. The van der Waals surface area contributed by atoms with Crippen LogP contribution in [0.3, 0.4) is 0 Å². The van der Waals surface area contributed by atoms with Gasteiger partial charge in [-0.3, -0.25) is 9.78 Å². The number of anilines is 1. The maximum Gasteiger partial charge on any atom is 0.246 e. The van der Waals surface area contributed by atoms with E-state index in [9.17, 15) is 9.18 Å². The van der Waals surface area contributed by atoms with Crippen LogP contribution >= 0.6 is 11.6 Å². The van der Waals surface area contributed by atoms with Crippen LogP contribution in [0.1, 0.15) is 30.7 Å². The molecule has 1 saturated heterocycles. The smallest absolute Gasteiger partial charge is 0.246 e. The monoisotopic (exact) mass is 469 g/mol. The normalized spacial score (nSPS) is 18.1. The van der Waals surface area contributed by atoms with Gasteiger partial charge in [0, 0.05) is 43.0 Å². The Kier molecular flexibility index (Phi) is 5.48. The molecule has 6 nitrogen and oxygen atoms in total. The van der Waals surface area contributed by atoms with Crippen molar-refractivity contribution in [1.82, 2.24) is 19.9 Å². The molecule has 0 spiro atoms. The van der Waals surface area contributed by atoms with Crippen molar-refractivity contribution in [3.8, 4) is 11.3 Å². The van der Waals surface area contributed by atoms with E-state index in [1.54, 1.807) is 4.90 Å². The molecule has 3 heterocycles. The molecule has 0 bridgehead atoms. The summed E-state index contributed by atoms with van der Waals surface area (Å²) in [6.07, 6.45) is 6.74. The quantitative estimate of drug-likeness (QED) is 0.506. The Morgan fingerprint density at radius 3 is 2.76 bits per heavy atom. The van der Waals surface area contributed by atoms with Gasteiger partial charge in [0.2, 0.25) is 5.91 Å². The number of rotatable bonds is 5. The Bertz CT molecular complexity index is 1280. The van der Waals surface area contributed by atoms with E-state index in [0.29, 0.717) is 29.9 Å². The molecule has 1 aliphatic heterocycles. The molecular formula is C24H22ClF2N5O. The number of benzene rings is 1. The van der Waals surface area contributed by atoms with Crippen molar-refractivity contribution in [1.29, 1.82) is 0 Å². The highest BCUT2D eigenvalue weighted by Gasteiger charge is 2.32. The van der Waals surface area contributed by atoms with Crippen LogP contribution in [0, 0.1) is 11.6 Å². The van der Waals surface area contributed by atoms with E-state index >= 15 is 4.39 Å². The van der Waals surface area contributed by atoms with Crippen molar-refractivity contribution in [3.63, 3.8) is 0 Å². The zero-order valence-corrected chi connectivity index (χ0v) is 18.8. The van der Waals surface area contributed by atoms with Crippen LogP contribution in [-0.4, -0.2) is 51.9 Å². The minimum absolute atomic E-state index is 0.0123. The number of carbonyl (C=O) groups excluding carboxylic acids is 1. The molecule has 2 aliphatic rings. The first-order valence-electron chi connectivity index (χ1n) is 10.8. The van der Waals surface area contributed by atoms with Crippen LogP contribution < -0.4 is 4.90 Å². The molecule has 1 aromatic carbocycles. The molecule has 1 atom stereocenters. The van der Waals surface area contributed by atoms with Gasteiger partial charge >= 0.3 is 0 Å². The average molecular weight is 470 g/mol. The third-order valence-corrected chi connectivity index (χ3v) is 6.78. The summed E-state index contributed by atoms with van der Waals surface area (Å²) >= 11 is 6.32. The number of fused-ring (bicyclic) bond motifs is 1. The lowest BCUT2D eigenvalue weighted by Crippen LogP contribution is -2.36. The van der Waals surface area contributed by atoms with E-state index in [2.05, 4.69) is 21.5 Å². The number of likely N-dealkylation sites (tertiary alicyclic amines) is 1. The van der Waals surface area contributed by atoms with Gasteiger partial charge in [-0.05, 0) is 49.0 Å². The lowest BCUT2D eigenvalue weighted by atomic mass is 9.99. The van der Waals surface area contributed by atoms with Gasteiger partial charge in [-0.25, -0.2) is 18.7 Å². The Hall–Kier alpha value is -3.13. The third-order valence-electron chi connectivity index (χ3n) is 6.47. The van der Waals surface area contributed by atoms with Crippen molar-refractivity contribution in [2.45, 2.75) is 31.2 Å². The van der Waals surface area contributed by atoms with Crippen LogP contribution in [0.2, 0.25) is 5.02 Å². The predicted octanol–water partition coefficient (Wildman–Crippen LogP) is 4.72. The maximum absolute atomic E-state index is 15.7. The van der Waals surface area contributed by atoms with Gasteiger partial charge in [0.1, 0.15) is 29.2 Å². The van der Waals surface area contributed by atoms with Crippen LogP contribution in [0.15, 0.2) is 37.3 Å². The molecule has 0 unspecified atom stereocenters. The van der Waals surface area contributed by atoms with E-state index in [1.165, 1.54) is 30.7 Å². The third kappa shape index (κ3) is 3.82. The highest BCUT2D eigenvalue weighted by atomic mass is 35.5. The van der Waals surface area contributed by atoms with Gasteiger partial charge < -0.3 is 9.80 Å². The maximum atomic E-state index is 15.7. The topological polar surface area (TPSA) is 62.2 Å². The van der Waals surface area contributed by atoms with E-state index in [0.717, 1.165) is 24.8 Å². The molecule has 3 aromatic rings. The second kappa shape index (κ2) is 8.33. The first kappa shape index (κ1) is 21.7.